The zero-order valence-corrected chi connectivity index (χ0v) is 8.61. The summed E-state index contributed by atoms with van der Waals surface area (Å²) in [6.07, 6.45) is 0. The number of carbonyl (C=O) groups is 1. The van der Waals surface area contributed by atoms with Crippen molar-refractivity contribution in [2.45, 2.75) is 6.61 Å². The fourth-order valence-corrected chi connectivity index (χ4v) is 2.08. The molecule has 0 saturated heterocycles. The second-order valence-electron chi connectivity index (χ2n) is 1.89. The molecular formula is C6H6BrNO3S. The van der Waals surface area contributed by atoms with Gasteiger partial charge < -0.3 is 9.84 Å². The summed E-state index contributed by atoms with van der Waals surface area (Å²) < 4.78 is 5.03. The maximum Gasteiger partial charge on any atom is 0.357 e. The van der Waals surface area contributed by atoms with E-state index in [4.69, 9.17) is 5.11 Å². The average molecular weight is 252 g/mol. The van der Waals surface area contributed by atoms with E-state index in [1.54, 1.807) is 0 Å². The summed E-state index contributed by atoms with van der Waals surface area (Å²) in [4.78, 5) is 15.4. The number of ether oxygens (including phenoxy) is 1. The van der Waals surface area contributed by atoms with Crippen molar-refractivity contribution in [3.05, 3.63) is 14.5 Å². The van der Waals surface area contributed by atoms with Crippen LogP contribution in [-0.4, -0.2) is 23.2 Å². The minimum atomic E-state index is -0.527. The molecule has 0 bridgehead atoms. The Kier molecular flexibility index (Phi) is 3.19. The lowest BCUT2D eigenvalue weighted by molar-refractivity contribution is 0.0591. The molecule has 0 unspecified atom stereocenters. The molecule has 12 heavy (non-hydrogen) atoms. The van der Waals surface area contributed by atoms with E-state index >= 15 is 0 Å². The highest BCUT2D eigenvalue weighted by atomic mass is 79.9. The van der Waals surface area contributed by atoms with E-state index in [1.807, 2.05) is 0 Å². The van der Waals surface area contributed by atoms with Crippen LogP contribution < -0.4 is 0 Å². The predicted molar refractivity (Wildman–Crippen MR) is 47.1 cm³/mol. The zero-order valence-electron chi connectivity index (χ0n) is 6.20. The Morgan fingerprint density at radius 3 is 3.00 bits per heavy atom. The number of aliphatic hydroxyl groups is 1. The Hall–Kier alpha value is -0.460. The van der Waals surface area contributed by atoms with Crippen LogP contribution in [0.4, 0.5) is 0 Å². The number of esters is 1. The van der Waals surface area contributed by atoms with Gasteiger partial charge in [-0.15, -0.1) is 11.3 Å². The van der Waals surface area contributed by atoms with Crippen LogP contribution in [-0.2, 0) is 11.3 Å². The standard InChI is InChI=1S/C6H6BrNO3S/c1-11-5(10)4-3(2-9)12-6(7)8-4/h9H,2H2,1H3. The van der Waals surface area contributed by atoms with Gasteiger partial charge in [0.2, 0.25) is 0 Å². The fourth-order valence-electron chi connectivity index (χ4n) is 0.686. The summed E-state index contributed by atoms with van der Waals surface area (Å²) in [6, 6.07) is 0. The van der Waals surface area contributed by atoms with Gasteiger partial charge in [0.05, 0.1) is 18.6 Å². The van der Waals surface area contributed by atoms with E-state index in [1.165, 1.54) is 18.4 Å². The lowest BCUT2D eigenvalue weighted by Crippen LogP contribution is -2.04. The molecule has 1 heterocycles. The maximum atomic E-state index is 11.0. The smallest absolute Gasteiger partial charge is 0.357 e. The van der Waals surface area contributed by atoms with Crippen LogP contribution in [0.3, 0.4) is 0 Å². The van der Waals surface area contributed by atoms with Crippen molar-refractivity contribution < 1.29 is 14.6 Å². The third-order valence-electron chi connectivity index (χ3n) is 1.19. The van der Waals surface area contributed by atoms with E-state index in [0.29, 0.717) is 8.79 Å². The Balaban J connectivity index is 3.04. The molecule has 1 aromatic rings. The lowest BCUT2D eigenvalue weighted by Gasteiger charge is -1.95. The van der Waals surface area contributed by atoms with Gasteiger partial charge >= 0.3 is 5.97 Å². The molecular weight excluding hydrogens is 246 g/mol. The van der Waals surface area contributed by atoms with Gasteiger partial charge in [-0.2, -0.15) is 0 Å². The van der Waals surface area contributed by atoms with Crippen LogP contribution in [0.25, 0.3) is 0 Å². The molecule has 0 saturated carbocycles. The van der Waals surface area contributed by atoms with Crippen molar-refractivity contribution in [3.63, 3.8) is 0 Å². The monoisotopic (exact) mass is 251 g/mol. The first kappa shape index (κ1) is 9.63. The Morgan fingerprint density at radius 1 is 1.83 bits per heavy atom. The number of aromatic nitrogens is 1. The number of thiazole rings is 1. The summed E-state index contributed by atoms with van der Waals surface area (Å²) in [5.41, 5.74) is 0.178. The third-order valence-corrected chi connectivity index (χ3v) is 2.69. The Morgan fingerprint density at radius 2 is 2.50 bits per heavy atom. The number of carbonyl (C=O) groups excluding carboxylic acids is 1. The van der Waals surface area contributed by atoms with Crippen LogP contribution in [0.1, 0.15) is 15.4 Å². The molecule has 0 atom stereocenters. The third kappa shape index (κ3) is 1.82. The number of hydrogen-bond acceptors (Lipinski definition) is 5. The molecule has 0 aliphatic carbocycles. The highest BCUT2D eigenvalue weighted by Crippen LogP contribution is 2.23. The summed E-state index contributed by atoms with van der Waals surface area (Å²) >= 11 is 4.32. The molecule has 1 N–H and O–H groups in total. The minimum Gasteiger partial charge on any atom is -0.464 e. The molecule has 0 aliphatic rings. The molecule has 6 heteroatoms. The van der Waals surface area contributed by atoms with Gasteiger partial charge in [-0.3, -0.25) is 0 Å². The van der Waals surface area contributed by atoms with Crippen LogP contribution in [0, 0.1) is 0 Å². The number of hydrogen-bond donors (Lipinski definition) is 1. The van der Waals surface area contributed by atoms with Gasteiger partial charge in [-0.25, -0.2) is 9.78 Å². The molecule has 1 rings (SSSR count). The molecule has 0 aromatic carbocycles. The van der Waals surface area contributed by atoms with Crippen molar-refractivity contribution in [3.8, 4) is 0 Å². The minimum absolute atomic E-state index is 0.178. The average Bonchev–Trinajstić information content (AvgIpc) is 2.45. The van der Waals surface area contributed by atoms with Crippen molar-refractivity contribution in [1.29, 1.82) is 0 Å². The maximum absolute atomic E-state index is 11.0. The molecule has 0 fully saturated rings. The van der Waals surface area contributed by atoms with E-state index in [2.05, 4.69) is 25.7 Å². The molecule has 1 aromatic heterocycles. The topological polar surface area (TPSA) is 59.4 Å². The van der Waals surface area contributed by atoms with Crippen LogP contribution >= 0.6 is 27.3 Å². The van der Waals surface area contributed by atoms with Gasteiger partial charge in [0, 0.05) is 0 Å². The van der Waals surface area contributed by atoms with Gasteiger partial charge in [-0.1, -0.05) is 0 Å². The highest BCUT2D eigenvalue weighted by molar-refractivity contribution is 9.11. The first-order chi connectivity index (χ1) is 5.69. The quantitative estimate of drug-likeness (QED) is 0.803. The number of rotatable bonds is 2. The van der Waals surface area contributed by atoms with E-state index in [-0.39, 0.29) is 12.3 Å². The summed E-state index contributed by atoms with van der Waals surface area (Å²) in [5, 5.41) is 8.82. The van der Waals surface area contributed by atoms with Gasteiger partial charge in [0.1, 0.15) is 0 Å². The van der Waals surface area contributed by atoms with E-state index < -0.39 is 5.97 Å². The Labute approximate surface area is 81.3 Å². The largest absolute Gasteiger partial charge is 0.464 e. The van der Waals surface area contributed by atoms with Crippen molar-refractivity contribution in [2.75, 3.05) is 7.11 Å². The normalized spacial score (nSPS) is 9.92. The number of nitrogens with zero attached hydrogens (tertiary/aromatic N) is 1. The molecule has 4 nitrogen and oxygen atoms in total. The summed E-state index contributed by atoms with van der Waals surface area (Å²) in [7, 11) is 1.27. The summed E-state index contributed by atoms with van der Waals surface area (Å²) in [6.45, 7) is -0.201. The number of methoxy groups -OCH3 is 1. The fraction of sp³-hybridized carbons (Fsp3) is 0.333. The second kappa shape index (κ2) is 3.97. The molecule has 0 spiro atoms. The lowest BCUT2D eigenvalue weighted by atomic mass is 10.4. The number of halogens is 1. The van der Waals surface area contributed by atoms with E-state index in [0.717, 1.165) is 0 Å². The highest BCUT2D eigenvalue weighted by Gasteiger charge is 2.16. The molecule has 0 radical (unpaired) electrons. The summed E-state index contributed by atoms with van der Waals surface area (Å²) in [5.74, 6) is -0.527. The Bertz CT molecular complexity index is 299. The molecule has 0 amide bonds. The van der Waals surface area contributed by atoms with Crippen molar-refractivity contribution >= 4 is 33.2 Å². The number of aliphatic hydroxyl groups excluding tert-OH is 1. The molecule has 0 aliphatic heterocycles. The van der Waals surface area contributed by atoms with Crippen molar-refractivity contribution in [1.82, 2.24) is 4.98 Å². The zero-order chi connectivity index (χ0) is 9.14. The first-order valence-corrected chi connectivity index (χ1v) is 4.64. The first-order valence-electron chi connectivity index (χ1n) is 3.03. The van der Waals surface area contributed by atoms with Gasteiger partial charge in [0.25, 0.3) is 0 Å². The SMILES string of the molecule is COC(=O)c1nc(Br)sc1CO. The van der Waals surface area contributed by atoms with Gasteiger partial charge in [-0.05, 0) is 15.9 Å². The van der Waals surface area contributed by atoms with Crippen LogP contribution in [0.15, 0.2) is 3.92 Å². The predicted octanol–water partition coefficient (Wildman–Crippen LogP) is 1.18. The van der Waals surface area contributed by atoms with E-state index in [9.17, 15) is 4.79 Å². The van der Waals surface area contributed by atoms with Crippen LogP contribution in [0.5, 0.6) is 0 Å². The van der Waals surface area contributed by atoms with Gasteiger partial charge in [0.15, 0.2) is 9.61 Å². The molecule has 66 valence electrons. The van der Waals surface area contributed by atoms with Crippen molar-refractivity contribution in [2.24, 2.45) is 0 Å². The van der Waals surface area contributed by atoms with Crippen LogP contribution in [0.2, 0.25) is 0 Å². The second-order valence-corrected chi connectivity index (χ2v) is 4.25.